The van der Waals surface area contributed by atoms with E-state index in [4.69, 9.17) is 6.42 Å². The maximum Gasteiger partial charge on any atom is 0.433 e. The Bertz CT molecular complexity index is 752. The van der Waals surface area contributed by atoms with Crippen molar-refractivity contribution in [2.45, 2.75) is 11.9 Å². The molecule has 0 aliphatic carbocycles. The summed E-state index contributed by atoms with van der Waals surface area (Å²) in [5.41, 5.74) is -0.273. The summed E-state index contributed by atoms with van der Waals surface area (Å²) >= 11 is -2.59. The highest BCUT2D eigenvalue weighted by molar-refractivity contribution is 7.78. The highest BCUT2D eigenvalue weighted by Crippen LogP contribution is 2.30. The molecule has 4 nitrogen and oxygen atoms in total. The molecule has 0 saturated carbocycles. The molecule has 1 unspecified atom stereocenters. The Balaban J connectivity index is 2.53. The summed E-state index contributed by atoms with van der Waals surface area (Å²) < 4.78 is 59.9. The minimum Gasteiger partial charge on any atom is -0.772 e. The van der Waals surface area contributed by atoms with Crippen molar-refractivity contribution in [3.63, 3.8) is 0 Å². The fourth-order valence-electron chi connectivity index (χ4n) is 1.70. The molecule has 22 heavy (non-hydrogen) atoms. The molecule has 2 aromatic rings. The van der Waals surface area contributed by atoms with E-state index in [1.54, 1.807) is 12.1 Å². The summed E-state index contributed by atoms with van der Waals surface area (Å²) in [6.45, 7) is 0. The standard InChI is InChI=1S/C14H9F3N2O2S/c1-2-9-3-5-10(6-4-9)11-7-12(14(15,16)17)19-13(18-11)8-22(20)21/h1,3-7H,8H2,(H,20,21)/p-1. The molecule has 1 heterocycles. The summed E-state index contributed by atoms with van der Waals surface area (Å²) in [6.07, 6.45) is 0.507. The van der Waals surface area contributed by atoms with Crippen molar-refractivity contribution in [1.82, 2.24) is 9.97 Å². The van der Waals surface area contributed by atoms with Gasteiger partial charge in [0.25, 0.3) is 0 Å². The predicted octanol–water partition coefficient (Wildman–Crippen LogP) is 2.52. The second-order valence-electron chi connectivity index (χ2n) is 4.22. The first-order valence-corrected chi connectivity index (χ1v) is 7.12. The number of benzene rings is 1. The second kappa shape index (κ2) is 6.25. The minimum absolute atomic E-state index is 0.0219. The molecule has 1 atom stereocenters. The van der Waals surface area contributed by atoms with Crippen LogP contribution in [0, 0.1) is 12.3 Å². The van der Waals surface area contributed by atoms with Gasteiger partial charge in [0.1, 0.15) is 11.5 Å². The van der Waals surface area contributed by atoms with Crippen molar-refractivity contribution in [2.75, 3.05) is 0 Å². The van der Waals surface area contributed by atoms with Crippen LogP contribution >= 0.6 is 0 Å². The number of terminal acetylenes is 1. The van der Waals surface area contributed by atoms with E-state index in [1.165, 1.54) is 12.1 Å². The van der Waals surface area contributed by atoms with Gasteiger partial charge in [-0.25, -0.2) is 9.97 Å². The highest BCUT2D eigenvalue weighted by atomic mass is 32.2. The molecule has 0 N–H and O–H groups in total. The van der Waals surface area contributed by atoms with Gasteiger partial charge in [0.15, 0.2) is 0 Å². The zero-order chi connectivity index (χ0) is 16.3. The van der Waals surface area contributed by atoms with E-state index in [0.717, 1.165) is 6.07 Å². The fraction of sp³-hybridized carbons (Fsp3) is 0.143. The molecule has 0 bridgehead atoms. The SMILES string of the molecule is C#Cc1ccc(-c2cc(C(F)(F)F)nc(CS(=O)[O-])n2)cc1. The zero-order valence-electron chi connectivity index (χ0n) is 10.9. The monoisotopic (exact) mass is 325 g/mol. The van der Waals surface area contributed by atoms with E-state index in [2.05, 4.69) is 15.9 Å². The van der Waals surface area contributed by atoms with Crippen LogP contribution < -0.4 is 0 Å². The molecule has 114 valence electrons. The van der Waals surface area contributed by atoms with Crippen LogP contribution in [-0.2, 0) is 23.0 Å². The molecule has 0 spiro atoms. The third kappa shape index (κ3) is 3.90. The fourth-order valence-corrected chi connectivity index (χ4v) is 2.04. The molecule has 1 aromatic carbocycles. The molecule has 2 rings (SSSR count). The summed E-state index contributed by atoms with van der Waals surface area (Å²) in [7, 11) is 0. The number of nitrogens with zero attached hydrogens (tertiary/aromatic N) is 2. The summed E-state index contributed by atoms with van der Waals surface area (Å²) in [6, 6.07) is 6.89. The summed E-state index contributed by atoms with van der Waals surface area (Å²) in [5.74, 6) is 1.27. The van der Waals surface area contributed by atoms with Gasteiger partial charge in [0.05, 0.1) is 11.4 Å². The summed E-state index contributed by atoms with van der Waals surface area (Å²) in [5, 5.41) is 0. The lowest BCUT2D eigenvalue weighted by Crippen LogP contribution is -2.12. The average Bonchev–Trinajstić information content (AvgIpc) is 2.45. The van der Waals surface area contributed by atoms with Gasteiger partial charge in [-0.1, -0.05) is 18.1 Å². The number of hydrogen-bond donors (Lipinski definition) is 0. The molecule has 0 saturated heterocycles. The van der Waals surface area contributed by atoms with Crippen molar-refractivity contribution in [3.8, 4) is 23.6 Å². The molecular weight excluding hydrogens is 317 g/mol. The van der Waals surface area contributed by atoms with Crippen molar-refractivity contribution < 1.29 is 21.9 Å². The van der Waals surface area contributed by atoms with Crippen LogP contribution in [0.5, 0.6) is 0 Å². The van der Waals surface area contributed by atoms with Crippen LogP contribution in [0.2, 0.25) is 0 Å². The lowest BCUT2D eigenvalue weighted by atomic mass is 10.1. The number of alkyl halides is 3. The van der Waals surface area contributed by atoms with Crippen molar-refractivity contribution in [1.29, 1.82) is 0 Å². The molecular formula is C14H8F3N2O2S-. The third-order valence-electron chi connectivity index (χ3n) is 2.66. The van der Waals surface area contributed by atoms with Crippen LogP contribution in [0.3, 0.4) is 0 Å². The van der Waals surface area contributed by atoms with E-state index in [1.807, 2.05) is 0 Å². The average molecular weight is 325 g/mol. The van der Waals surface area contributed by atoms with Gasteiger partial charge in [0.2, 0.25) is 0 Å². The lowest BCUT2D eigenvalue weighted by Gasteiger charge is -2.11. The Kier molecular flexibility index (Phi) is 4.59. The van der Waals surface area contributed by atoms with Crippen molar-refractivity contribution >= 4 is 11.1 Å². The minimum atomic E-state index is -4.70. The van der Waals surface area contributed by atoms with Gasteiger partial charge < -0.3 is 4.55 Å². The van der Waals surface area contributed by atoms with Gasteiger partial charge in [-0.15, -0.1) is 6.42 Å². The van der Waals surface area contributed by atoms with Gasteiger partial charge in [-0.3, -0.25) is 4.21 Å². The topological polar surface area (TPSA) is 65.9 Å². The van der Waals surface area contributed by atoms with E-state index in [9.17, 15) is 21.9 Å². The first kappa shape index (κ1) is 16.1. The van der Waals surface area contributed by atoms with Crippen LogP contribution in [-0.4, -0.2) is 18.7 Å². The predicted molar refractivity (Wildman–Crippen MR) is 73.0 cm³/mol. The van der Waals surface area contributed by atoms with E-state index in [0.29, 0.717) is 11.1 Å². The Morgan fingerprint density at radius 1 is 1.23 bits per heavy atom. The van der Waals surface area contributed by atoms with Crippen molar-refractivity contribution in [3.05, 3.63) is 47.4 Å². The Hall–Kier alpha value is -2.24. The smallest absolute Gasteiger partial charge is 0.433 e. The zero-order valence-corrected chi connectivity index (χ0v) is 11.7. The maximum absolute atomic E-state index is 12.8. The molecule has 0 aliphatic heterocycles. The molecule has 0 radical (unpaired) electrons. The Morgan fingerprint density at radius 3 is 2.36 bits per heavy atom. The molecule has 0 aliphatic rings. The Morgan fingerprint density at radius 2 is 1.86 bits per heavy atom. The van der Waals surface area contributed by atoms with Crippen LogP contribution in [0.4, 0.5) is 13.2 Å². The second-order valence-corrected chi connectivity index (χ2v) is 5.12. The first-order valence-electron chi connectivity index (χ1n) is 5.87. The maximum atomic E-state index is 12.8. The van der Waals surface area contributed by atoms with Crippen LogP contribution in [0.15, 0.2) is 30.3 Å². The number of halogens is 3. The van der Waals surface area contributed by atoms with Gasteiger partial charge in [-0.05, 0) is 29.3 Å². The summed E-state index contributed by atoms with van der Waals surface area (Å²) in [4.78, 5) is 7.10. The molecule has 8 heteroatoms. The van der Waals surface area contributed by atoms with Gasteiger partial charge in [0, 0.05) is 11.1 Å². The number of rotatable bonds is 3. The van der Waals surface area contributed by atoms with Gasteiger partial charge >= 0.3 is 6.18 Å². The van der Waals surface area contributed by atoms with E-state index in [-0.39, 0.29) is 5.69 Å². The quantitative estimate of drug-likeness (QED) is 0.642. The molecule has 0 amide bonds. The number of hydrogen-bond acceptors (Lipinski definition) is 4. The van der Waals surface area contributed by atoms with Crippen molar-refractivity contribution in [2.24, 2.45) is 0 Å². The normalized spacial score (nSPS) is 12.7. The first-order chi connectivity index (χ1) is 10.3. The van der Waals surface area contributed by atoms with Crippen LogP contribution in [0.25, 0.3) is 11.3 Å². The number of aromatic nitrogens is 2. The largest absolute Gasteiger partial charge is 0.772 e. The van der Waals surface area contributed by atoms with E-state index >= 15 is 0 Å². The van der Waals surface area contributed by atoms with E-state index < -0.39 is 34.5 Å². The third-order valence-corrected chi connectivity index (χ3v) is 3.15. The molecule has 0 fully saturated rings. The highest BCUT2D eigenvalue weighted by Gasteiger charge is 2.33. The van der Waals surface area contributed by atoms with Crippen LogP contribution in [0.1, 0.15) is 17.1 Å². The lowest BCUT2D eigenvalue weighted by molar-refractivity contribution is -0.141. The van der Waals surface area contributed by atoms with Gasteiger partial charge in [-0.2, -0.15) is 13.2 Å². The molecule has 1 aromatic heterocycles. The Labute approximate surface area is 126 Å².